The molecule has 0 aliphatic carbocycles. The second-order valence-electron chi connectivity index (χ2n) is 5.47. The van der Waals surface area contributed by atoms with E-state index < -0.39 is 12.0 Å². The van der Waals surface area contributed by atoms with Crippen LogP contribution in [0.25, 0.3) is 0 Å². The monoisotopic (exact) mass is 292 g/mol. The second kappa shape index (κ2) is 8.42. The number of rotatable bonds is 8. The summed E-state index contributed by atoms with van der Waals surface area (Å²) in [5.41, 5.74) is 6.69. The molecule has 0 aromatic heterocycles. The van der Waals surface area contributed by atoms with Crippen molar-refractivity contribution in [3.8, 4) is 0 Å². The Morgan fingerprint density at radius 1 is 1.19 bits per heavy atom. The quantitative estimate of drug-likeness (QED) is 0.684. The molecule has 0 fully saturated rings. The maximum atomic E-state index is 12.0. The molecular weight excluding hydrogens is 268 g/mol. The summed E-state index contributed by atoms with van der Waals surface area (Å²) in [4.78, 5) is 22.7. The lowest BCUT2D eigenvalue weighted by molar-refractivity contribution is -0.141. The third-order valence-electron chi connectivity index (χ3n) is 3.53. The number of carbonyl (C=O) groups excluding carboxylic acids is 1. The molecule has 0 heterocycles. The molecule has 3 atom stereocenters. The highest BCUT2D eigenvalue weighted by Crippen LogP contribution is 2.12. The number of carbonyl (C=O) groups is 2. The molecule has 0 saturated heterocycles. The SMILES string of the molecule is CC(CCCC(C)C(=O)O)NC(=O)C(N)c1ccccc1. The van der Waals surface area contributed by atoms with Gasteiger partial charge >= 0.3 is 5.97 Å². The zero-order valence-corrected chi connectivity index (χ0v) is 12.6. The molecule has 5 nitrogen and oxygen atoms in total. The summed E-state index contributed by atoms with van der Waals surface area (Å²) in [6.45, 7) is 3.60. The highest BCUT2D eigenvalue weighted by atomic mass is 16.4. The van der Waals surface area contributed by atoms with Crippen molar-refractivity contribution < 1.29 is 14.7 Å². The predicted molar refractivity (Wildman–Crippen MR) is 81.6 cm³/mol. The Kier molecular flexibility index (Phi) is 6.88. The Balaban J connectivity index is 2.35. The van der Waals surface area contributed by atoms with Crippen molar-refractivity contribution in [3.05, 3.63) is 35.9 Å². The van der Waals surface area contributed by atoms with Gasteiger partial charge in [0.05, 0.1) is 5.92 Å². The van der Waals surface area contributed by atoms with Gasteiger partial charge in [-0.05, 0) is 25.3 Å². The largest absolute Gasteiger partial charge is 0.481 e. The fourth-order valence-electron chi connectivity index (χ4n) is 2.07. The van der Waals surface area contributed by atoms with Gasteiger partial charge < -0.3 is 16.2 Å². The number of nitrogens with two attached hydrogens (primary N) is 1. The Labute approximate surface area is 125 Å². The third-order valence-corrected chi connectivity index (χ3v) is 3.53. The Bertz CT molecular complexity index is 462. The lowest BCUT2D eigenvalue weighted by atomic mass is 10.0. The summed E-state index contributed by atoms with van der Waals surface area (Å²) in [6, 6.07) is 8.52. The van der Waals surface area contributed by atoms with Crippen LogP contribution >= 0.6 is 0 Å². The average molecular weight is 292 g/mol. The summed E-state index contributed by atoms with van der Waals surface area (Å²) in [5.74, 6) is -1.34. The van der Waals surface area contributed by atoms with E-state index in [0.717, 1.165) is 18.4 Å². The standard InChI is InChI=1S/C16H24N2O3/c1-11(16(20)21)7-6-8-12(2)18-15(19)14(17)13-9-4-3-5-10-13/h3-5,9-12,14H,6-8,17H2,1-2H3,(H,18,19)(H,20,21). The van der Waals surface area contributed by atoms with E-state index in [0.29, 0.717) is 6.42 Å². The molecule has 5 heteroatoms. The Hall–Kier alpha value is -1.88. The van der Waals surface area contributed by atoms with Gasteiger partial charge in [-0.25, -0.2) is 0 Å². The van der Waals surface area contributed by atoms with Crippen LogP contribution < -0.4 is 11.1 Å². The van der Waals surface area contributed by atoms with E-state index in [4.69, 9.17) is 10.8 Å². The van der Waals surface area contributed by atoms with Crippen LogP contribution in [0.1, 0.15) is 44.7 Å². The van der Waals surface area contributed by atoms with Crippen LogP contribution in [-0.2, 0) is 9.59 Å². The second-order valence-corrected chi connectivity index (χ2v) is 5.47. The first kappa shape index (κ1) is 17.2. The molecule has 1 aromatic rings. The average Bonchev–Trinajstić information content (AvgIpc) is 2.46. The zero-order valence-electron chi connectivity index (χ0n) is 12.6. The van der Waals surface area contributed by atoms with E-state index in [-0.39, 0.29) is 17.9 Å². The molecule has 21 heavy (non-hydrogen) atoms. The number of hydrogen-bond acceptors (Lipinski definition) is 3. The first-order valence-electron chi connectivity index (χ1n) is 7.25. The Morgan fingerprint density at radius 2 is 1.81 bits per heavy atom. The van der Waals surface area contributed by atoms with E-state index in [1.165, 1.54) is 0 Å². The highest BCUT2D eigenvalue weighted by Gasteiger charge is 2.17. The minimum absolute atomic E-state index is 0.0201. The van der Waals surface area contributed by atoms with E-state index >= 15 is 0 Å². The van der Waals surface area contributed by atoms with Gasteiger partial charge in [0, 0.05) is 6.04 Å². The van der Waals surface area contributed by atoms with E-state index in [9.17, 15) is 9.59 Å². The molecule has 116 valence electrons. The van der Waals surface area contributed by atoms with Gasteiger partial charge in [-0.2, -0.15) is 0 Å². The number of carboxylic acid groups (broad SMARTS) is 1. The molecule has 0 spiro atoms. The van der Waals surface area contributed by atoms with Gasteiger partial charge in [0.25, 0.3) is 0 Å². The molecule has 1 aromatic carbocycles. The van der Waals surface area contributed by atoms with E-state index in [1.54, 1.807) is 6.92 Å². The first-order chi connectivity index (χ1) is 9.91. The molecule has 3 unspecified atom stereocenters. The minimum atomic E-state index is -0.780. The van der Waals surface area contributed by atoms with Crippen molar-refractivity contribution in [2.75, 3.05) is 0 Å². The molecule has 0 bridgehead atoms. The van der Waals surface area contributed by atoms with Crippen LogP contribution in [0.3, 0.4) is 0 Å². The van der Waals surface area contributed by atoms with Gasteiger partial charge in [-0.3, -0.25) is 9.59 Å². The summed E-state index contributed by atoms with van der Waals surface area (Å²) in [5, 5.41) is 11.7. The number of nitrogens with one attached hydrogen (secondary N) is 1. The molecule has 4 N–H and O–H groups in total. The normalized spacial score (nSPS) is 15.0. The van der Waals surface area contributed by atoms with Crippen molar-refractivity contribution in [2.45, 2.75) is 45.2 Å². The third kappa shape index (κ3) is 5.95. The van der Waals surface area contributed by atoms with Crippen molar-refractivity contribution in [1.82, 2.24) is 5.32 Å². The zero-order chi connectivity index (χ0) is 15.8. The molecule has 0 saturated carbocycles. The van der Waals surface area contributed by atoms with Crippen LogP contribution in [-0.4, -0.2) is 23.0 Å². The summed E-state index contributed by atoms with van der Waals surface area (Å²) >= 11 is 0. The summed E-state index contributed by atoms with van der Waals surface area (Å²) in [7, 11) is 0. The van der Waals surface area contributed by atoms with Gasteiger partial charge in [0.15, 0.2) is 0 Å². The Morgan fingerprint density at radius 3 is 2.38 bits per heavy atom. The number of hydrogen-bond donors (Lipinski definition) is 3. The van der Waals surface area contributed by atoms with Crippen molar-refractivity contribution in [2.24, 2.45) is 11.7 Å². The van der Waals surface area contributed by atoms with Gasteiger partial charge in [0.2, 0.25) is 5.91 Å². The lowest BCUT2D eigenvalue weighted by Crippen LogP contribution is -2.39. The molecular formula is C16H24N2O3. The molecule has 0 radical (unpaired) electrons. The van der Waals surface area contributed by atoms with Gasteiger partial charge in [-0.15, -0.1) is 0 Å². The molecule has 0 aliphatic rings. The number of aliphatic carboxylic acids is 1. The lowest BCUT2D eigenvalue weighted by Gasteiger charge is -2.18. The van der Waals surface area contributed by atoms with Crippen LogP contribution in [0.5, 0.6) is 0 Å². The van der Waals surface area contributed by atoms with Crippen LogP contribution in [0.2, 0.25) is 0 Å². The number of benzene rings is 1. The maximum Gasteiger partial charge on any atom is 0.306 e. The molecule has 1 amide bonds. The minimum Gasteiger partial charge on any atom is -0.481 e. The van der Waals surface area contributed by atoms with E-state index in [1.807, 2.05) is 37.3 Å². The maximum absolute atomic E-state index is 12.0. The van der Waals surface area contributed by atoms with Crippen LogP contribution in [0.4, 0.5) is 0 Å². The molecule has 1 rings (SSSR count). The summed E-state index contributed by atoms with van der Waals surface area (Å²) in [6.07, 6.45) is 2.11. The van der Waals surface area contributed by atoms with Crippen molar-refractivity contribution in [1.29, 1.82) is 0 Å². The number of carboxylic acids is 1. The topological polar surface area (TPSA) is 92.4 Å². The fourth-order valence-corrected chi connectivity index (χ4v) is 2.07. The van der Waals surface area contributed by atoms with Crippen LogP contribution in [0.15, 0.2) is 30.3 Å². The fraction of sp³-hybridized carbons (Fsp3) is 0.500. The van der Waals surface area contributed by atoms with Crippen LogP contribution in [0, 0.1) is 5.92 Å². The predicted octanol–water partition coefficient (Wildman–Crippen LogP) is 2.08. The molecule has 0 aliphatic heterocycles. The van der Waals surface area contributed by atoms with Gasteiger partial charge in [0.1, 0.15) is 6.04 Å². The highest BCUT2D eigenvalue weighted by molar-refractivity contribution is 5.83. The smallest absolute Gasteiger partial charge is 0.306 e. The summed E-state index contributed by atoms with van der Waals surface area (Å²) < 4.78 is 0. The van der Waals surface area contributed by atoms with E-state index in [2.05, 4.69) is 5.32 Å². The van der Waals surface area contributed by atoms with Crippen molar-refractivity contribution in [3.63, 3.8) is 0 Å². The van der Waals surface area contributed by atoms with Gasteiger partial charge in [-0.1, -0.05) is 43.7 Å². The first-order valence-corrected chi connectivity index (χ1v) is 7.25. The number of amides is 1. The van der Waals surface area contributed by atoms with Crippen molar-refractivity contribution >= 4 is 11.9 Å².